The van der Waals surface area contributed by atoms with Crippen LogP contribution < -0.4 is 5.32 Å². The van der Waals surface area contributed by atoms with Gasteiger partial charge in [-0.3, -0.25) is 9.59 Å². The molecule has 3 atom stereocenters. The lowest BCUT2D eigenvalue weighted by atomic mass is 10.0. The summed E-state index contributed by atoms with van der Waals surface area (Å²) in [6.45, 7) is 6.48. The second-order valence-corrected chi connectivity index (χ2v) is 19.4. The van der Waals surface area contributed by atoms with Gasteiger partial charge in [0.05, 0.1) is 25.2 Å². The molecule has 0 heterocycles. The number of aliphatic hydroxyl groups is 2. The maximum atomic E-state index is 13.2. The highest BCUT2D eigenvalue weighted by Crippen LogP contribution is 2.18. The summed E-state index contributed by atoms with van der Waals surface area (Å²) in [4.78, 5) is 26.2. The van der Waals surface area contributed by atoms with Gasteiger partial charge in [-0.1, -0.05) is 243 Å². The second-order valence-electron chi connectivity index (χ2n) is 19.4. The van der Waals surface area contributed by atoms with Crippen LogP contribution in [0.1, 0.15) is 297 Å². The van der Waals surface area contributed by atoms with Crippen molar-refractivity contribution in [3.05, 3.63) is 36.5 Å². The molecule has 1 amide bonds. The predicted octanol–water partition coefficient (Wildman–Crippen LogP) is 17.2. The first-order valence-corrected chi connectivity index (χ1v) is 28.2. The number of hydrogen-bond donors (Lipinski definition) is 3. The highest BCUT2D eigenvalue weighted by Gasteiger charge is 2.24. The van der Waals surface area contributed by atoms with E-state index < -0.39 is 18.2 Å². The van der Waals surface area contributed by atoms with Gasteiger partial charge in [0.15, 0.2) is 0 Å². The first-order chi connectivity index (χ1) is 31.5. The molecule has 0 aliphatic carbocycles. The maximum absolute atomic E-state index is 13.2. The standard InChI is InChI=1S/C58H109NO5/c1-4-7-10-13-16-19-22-25-27-28-29-30-33-36-39-42-45-48-51-58(63)64-54(49-46-43-40-37-34-31-24-21-18-15-12-9-6-3)52-57(62)59-55(53-60)56(61)50-47-44-41-38-35-32-26-23-20-17-14-11-8-5-2/h21,24,27-30,54-56,60-61H,4-20,22-23,25-26,31-53H2,1-3H3,(H,59,62)/b24-21-,28-27+,30-29+. The minimum atomic E-state index is -0.791. The summed E-state index contributed by atoms with van der Waals surface area (Å²) in [7, 11) is 0. The molecule has 0 bridgehead atoms. The van der Waals surface area contributed by atoms with Gasteiger partial charge in [0.25, 0.3) is 0 Å². The lowest BCUT2D eigenvalue weighted by Crippen LogP contribution is -2.46. The summed E-state index contributed by atoms with van der Waals surface area (Å²) in [5.41, 5.74) is 0. The van der Waals surface area contributed by atoms with Crippen LogP contribution in [0.25, 0.3) is 0 Å². The minimum absolute atomic E-state index is 0.0682. The third kappa shape index (κ3) is 46.6. The van der Waals surface area contributed by atoms with Gasteiger partial charge < -0.3 is 20.3 Å². The molecule has 0 fully saturated rings. The number of unbranched alkanes of at least 4 members (excludes halogenated alkanes) is 34. The van der Waals surface area contributed by atoms with E-state index in [9.17, 15) is 19.8 Å². The van der Waals surface area contributed by atoms with Crippen LogP contribution in [0.15, 0.2) is 36.5 Å². The molecule has 0 aromatic rings. The molecule has 0 saturated heterocycles. The summed E-state index contributed by atoms with van der Waals surface area (Å²) in [6, 6.07) is -0.706. The molecule has 0 rings (SSSR count). The monoisotopic (exact) mass is 900 g/mol. The smallest absolute Gasteiger partial charge is 0.306 e. The van der Waals surface area contributed by atoms with E-state index in [1.807, 2.05) is 0 Å². The Morgan fingerprint density at radius 3 is 1.22 bits per heavy atom. The van der Waals surface area contributed by atoms with E-state index in [-0.39, 0.29) is 24.9 Å². The lowest BCUT2D eigenvalue weighted by molar-refractivity contribution is -0.151. The zero-order valence-corrected chi connectivity index (χ0v) is 42.9. The van der Waals surface area contributed by atoms with Gasteiger partial charge in [-0.15, -0.1) is 0 Å². The number of nitrogens with one attached hydrogen (secondary N) is 1. The SMILES string of the molecule is CCCCCC/C=C\CCCCCCCC(CC(=O)NC(CO)C(O)CCCCCCCCCCCCCCCC)OC(=O)CCCCCCC/C=C/C=C/CCCCCCCCC. The van der Waals surface area contributed by atoms with E-state index in [2.05, 4.69) is 62.5 Å². The summed E-state index contributed by atoms with van der Waals surface area (Å²) in [5.74, 6) is -0.488. The van der Waals surface area contributed by atoms with Crippen LogP contribution in [-0.4, -0.2) is 46.9 Å². The fourth-order valence-electron chi connectivity index (χ4n) is 8.65. The number of carbonyl (C=O) groups excluding carboxylic acids is 2. The molecule has 0 aliphatic heterocycles. The summed E-state index contributed by atoms with van der Waals surface area (Å²) < 4.78 is 5.94. The second kappa shape index (κ2) is 52.1. The number of carbonyl (C=O) groups is 2. The Hall–Kier alpha value is -1.92. The van der Waals surface area contributed by atoms with Crippen LogP contribution in [0.2, 0.25) is 0 Å². The lowest BCUT2D eigenvalue weighted by Gasteiger charge is -2.24. The quantitative estimate of drug-likeness (QED) is 0.0245. The van der Waals surface area contributed by atoms with Crippen LogP contribution in [0, 0.1) is 0 Å². The summed E-state index contributed by atoms with van der Waals surface area (Å²) in [6.07, 6.45) is 62.0. The first-order valence-electron chi connectivity index (χ1n) is 28.2. The molecule has 0 aromatic heterocycles. The number of aliphatic hydroxyl groups excluding tert-OH is 2. The van der Waals surface area contributed by atoms with Gasteiger partial charge >= 0.3 is 5.97 Å². The highest BCUT2D eigenvalue weighted by molar-refractivity contribution is 5.77. The van der Waals surface area contributed by atoms with Crippen molar-refractivity contribution >= 4 is 11.9 Å². The number of ether oxygens (including phenoxy) is 1. The summed E-state index contributed by atoms with van der Waals surface area (Å²) >= 11 is 0. The van der Waals surface area contributed by atoms with Crippen molar-refractivity contribution in [2.24, 2.45) is 0 Å². The molecule has 376 valence electrons. The van der Waals surface area contributed by atoms with Crippen molar-refractivity contribution in [1.29, 1.82) is 0 Å². The molecular formula is C58H109NO5. The van der Waals surface area contributed by atoms with Gasteiger partial charge in [0.1, 0.15) is 6.10 Å². The van der Waals surface area contributed by atoms with Crippen molar-refractivity contribution in [3.63, 3.8) is 0 Å². The largest absolute Gasteiger partial charge is 0.462 e. The van der Waals surface area contributed by atoms with E-state index in [0.717, 1.165) is 77.0 Å². The molecule has 0 spiro atoms. The average molecular weight is 901 g/mol. The van der Waals surface area contributed by atoms with Crippen molar-refractivity contribution in [1.82, 2.24) is 5.32 Å². The van der Waals surface area contributed by atoms with Crippen molar-refractivity contribution < 1.29 is 24.5 Å². The molecule has 0 aromatic carbocycles. The molecular weight excluding hydrogens is 791 g/mol. The number of esters is 1. The molecule has 3 unspecified atom stereocenters. The number of allylic oxidation sites excluding steroid dienone is 6. The van der Waals surface area contributed by atoms with Gasteiger partial charge in [-0.2, -0.15) is 0 Å². The molecule has 6 heteroatoms. The Balaban J connectivity index is 4.55. The molecule has 0 radical (unpaired) electrons. The Bertz CT molecular complexity index is 1060. The Labute approximate surface area is 398 Å². The van der Waals surface area contributed by atoms with Gasteiger partial charge in [0, 0.05) is 6.42 Å². The van der Waals surface area contributed by atoms with Crippen LogP contribution in [0.5, 0.6) is 0 Å². The number of amides is 1. The van der Waals surface area contributed by atoms with Crippen LogP contribution >= 0.6 is 0 Å². The van der Waals surface area contributed by atoms with Crippen molar-refractivity contribution in [2.45, 2.75) is 315 Å². The third-order valence-electron chi connectivity index (χ3n) is 13.0. The maximum Gasteiger partial charge on any atom is 0.306 e. The normalized spacial score (nSPS) is 13.4. The number of hydrogen-bond acceptors (Lipinski definition) is 5. The van der Waals surface area contributed by atoms with E-state index in [0.29, 0.717) is 19.3 Å². The highest BCUT2D eigenvalue weighted by atomic mass is 16.5. The molecule has 0 aliphatic rings. The van der Waals surface area contributed by atoms with E-state index >= 15 is 0 Å². The van der Waals surface area contributed by atoms with Gasteiger partial charge in [0.2, 0.25) is 5.91 Å². The summed E-state index contributed by atoms with van der Waals surface area (Å²) in [5, 5.41) is 23.8. The van der Waals surface area contributed by atoms with E-state index in [1.54, 1.807) is 0 Å². The van der Waals surface area contributed by atoms with Crippen molar-refractivity contribution in [3.8, 4) is 0 Å². The van der Waals surface area contributed by atoms with Crippen LogP contribution in [-0.2, 0) is 14.3 Å². The van der Waals surface area contributed by atoms with Gasteiger partial charge in [-0.05, 0) is 77.0 Å². The van der Waals surface area contributed by atoms with Crippen LogP contribution in [0.4, 0.5) is 0 Å². The van der Waals surface area contributed by atoms with Crippen molar-refractivity contribution in [2.75, 3.05) is 6.61 Å². The minimum Gasteiger partial charge on any atom is -0.462 e. The Morgan fingerprint density at radius 1 is 0.453 bits per heavy atom. The zero-order chi connectivity index (χ0) is 46.7. The molecule has 6 nitrogen and oxygen atoms in total. The topological polar surface area (TPSA) is 95.9 Å². The Morgan fingerprint density at radius 2 is 0.797 bits per heavy atom. The Kier molecular flexibility index (Phi) is 50.5. The fraction of sp³-hybridized carbons (Fsp3) is 0.862. The predicted molar refractivity (Wildman–Crippen MR) is 278 cm³/mol. The number of rotatable bonds is 51. The average Bonchev–Trinajstić information content (AvgIpc) is 3.29. The zero-order valence-electron chi connectivity index (χ0n) is 42.9. The molecule has 0 saturated carbocycles. The van der Waals surface area contributed by atoms with E-state index in [4.69, 9.17) is 4.74 Å². The van der Waals surface area contributed by atoms with Gasteiger partial charge in [-0.25, -0.2) is 0 Å². The molecule has 64 heavy (non-hydrogen) atoms. The first kappa shape index (κ1) is 62.1. The molecule has 3 N–H and O–H groups in total. The third-order valence-corrected chi connectivity index (χ3v) is 13.0. The fourth-order valence-corrected chi connectivity index (χ4v) is 8.65. The van der Waals surface area contributed by atoms with E-state index in [1.165, 1.54) is 173 Å². The van der Waals surface area contributed by atoms with Crippen LogP contribution in [0.3, 0.4) is 0 Å².